The molecule has 1 rings (SSSR count). The number of hydrogen-bond acceptors (Lipinski definition) is 2. The monoisotopic (exact) mass is 241 g/mol. The Bertz CT molecular complexity index is 297. The van der Waals surface area contributed by atoms with Gasteiger partial charge in [0.2, 0.25) is 0 Å². The van der Waals surface area contributed by atoms with Gasteiger partial charge in [0, 0.05) is 6.04 Å². The van der Waals surface area contributed by atoms with Gasteiger partial charge in [-0.2, -0.15) is 0 Å². The molecule has 1 aromatic rings. The van der Waals surface area contributed by atoms with Crippen molar-refractivity contribution < 1.29 is 17.9 Å². The standard InChI is InChI=1S/C9H10F3NO.ClH/c1-6(13)7-2-4-8(5-3-7)14-9(10,11)12;/h2-6H,13H2,1H3;1H. The molecule has 0 aliphatic heterocycles. The Kier molecular flexibility index (Phi) is 4.90. The van der Waals surface area contributed by atoms with Crippen LogP contribution in [0.1, 0.15) is 18.5 Å². The minimum Gasteiger partial charge on any atom is -0.406 e. The maximum absolute atomic E-state index is 11.8. The molecular weight excluding hydrogens is 231 g/mol. The summed E-state index contributed by atoms with van der Waals surface area (Å²) in [4.78, 5) is 0. The van der Waals surface area contributed by atoms with E-state index >= 15 is 0 Å². The maximum Gasteiger partial charge on any atom is 0.573 e. The van der Waals surface area contributed by atoms with Crippen LogP contribution in [0.3, 0.4) is 0 Å². The van der Waals surface area contributed by atoms with Crippen LogP contribution in [0.25, 0.3) is 0 Å². The van der Waals surface area contributed by atoms with E-state index in [2.05, 4.69) is 4.74 Å². The van der Waals surface area contributed by atoms with Crippen LogP contribution in [0.2, 0.25) is 0 Å². The van der Waals surface area contributed by atoms with Crippen LogP contribution in [0.5, 0.6) is 5.75 Å². The third-order valence-corrected chi connectivity index (χ3v) is 1.64. The topological polar surface area (TPSA) is 35.2 Å². The SMILES string of the molecule is CC(N)c1ccc(OC(F)(F)F)cc1.Cl. The minimum absolute atomic E-state index is 0. The number of halogens is 4. The Morgan fingerprint density at radius 3 is 2.00 bits per heavy atom. The second-order valence-electron chi connectivity index (χ2n) is 2.91. The highest BCUT2D eigenvalue weighted by Gasteiger charge is 2.30. The summed E-state index contributed by atoms with van der Waals surface area (Å²) in [7, 11) is 0. The molecule has 1 aromatic carbocycles. The summed E-state index contributed by atoms with van der Waals surface area (Å²) in [6.45, 7) is 1.75. The Morgan fingerprint density at radius 1 is 1.20 bits per heavy atom. The lowest BCUT2D eigenvalue weighted by Crippen LogP contribution is -2.17. The maximum atomic E-state index is 11.8. The van der Waals surface area contributed by atoms with E-state index in [4.69, 9.17) is 5.73 Å². The lowest BCUT2D eigenvalue weighted by molar-refractivity contribution is -0.274. The molecule has 0 saturated carbocycles. The van der Waals surface area contributed by atoms with Crippen LogP contribution in [0, 0.1) is 0 Å². The fourth-order valence-electron chi connectivity index (χ4n) is 0.973. The van der Waals surface area contributed by atoms with Crippen molar-refractivity contribution in [3.63, 3.8) is 0 Å². The second kappa shape index (κ2) is 5.23. The van der Waals surface area contributed by atoms with E-state index in [1.54, 1.807) is 6.92 Å². The Morgan fingerprint density at radius 2 is 1.67 bits per heavy atom. The molecule has 0 amide bonds. The molecular formula is C9H11ClF3NO. The first-order chi connectivity index (χ1) is 6.38. The van der Waals surface area contributed by atoms with Gasteiger partial charge in [0.1, 0.15) is 5.75 Å². The normalized spacial score (nSPS) is 12.9. The van der Waals surface area contributed by atoms with Crippen molar-refractivity contribution in [3.8, 4) is 5.75 Å². The van der Waals surface area contributed by atoms with Gasteiger partial charge in [0.05, 0.1) is 0 Å². The van der Waals surface area contributed by atoms with Crippen molar-refractivity contribution in [1.29, 1.82) is 0 Å². The fraction of sp³-hybridized carbons (Fsp3) is 0.333. The molecule has 0 aliphatic carbocycles. The lowest BCUT2D eigenvalue weighted by Gasteiger charge is -2.10. The summed E-state index contributed by atoms with van der Waals surface area (Å²) in [5, 5.41) is 0. The second-order valence-corrected chi connectivity index (χ2v) is 2.91. The first-order valence-corrected chi connectivity index (χ1v) is 4.00. The third-order valence-electron chi connectivity index (χ3n) is 1.64. The summed E-state index contributed by atoms with van der Waals surface area (Å²) in [6, 6.07) is 5.30. The van der Waals surface area contributed by atoms with Crippen molar-refractivity contribution in [1.82, 2.24) is 0 Å². The summed E-state index contributed by atoms with van der Waals surface area (Å²) in [5.41, 5.74) is 6.29. The van der Waals surface area contributed by atoms with Crippen LogP contribution >= 0.6 is 12.4 Å². The van der Waals surface area contributed by atoms with Crippen molar-refractivity contribution >= 4 is 12.4 Å². The zero-order valence-corrected chi connectivity index (χ0v) is 8.73. The number of benzene rings is 1. The largest absolute Gasteiger partial charge is 0.573 e. The minimum atomic E-state index is -4.64. The van der Waals surface area contributed by atoms with E-state index in [-0.39, 0.29) is 24.2 Å². The molecule has 0 bridgehead atoms. The van der Waals surface area contributed by atoms with Crippen LogP contribution in [0.15, 0.2) is 24.3 Å². The first-order valence-electron chi connectivity index (χ1n) is 4.00. The average Bonchev–Trinajstić information content (AvgIpc) is 2.02. The highest BCUT2D eigenvalue weighted by Crippen LogP contribution is 2.23. The molecule has 0 saturated heterocycles. The van der Waals surface area contributed by atoms with Gasteiger partial charge in [-0.25, -0.2) is 0 Å². The number of rotatable bonds is 2. The van der Waals surface area contributed by atoms with Crippen LogP contribution in [-0.2, 0) is 0 Å². The molecule has 15 heavy (non-hydrogen) atoms. The van der Waals surface area contributed by atoms with Gasteiger partial charge in [0.25, 0.3) is 0 Å². The highest BCUT2D eigenvalue weighted by atomic mass is 35.5. The lowest BCUT2D eigenvalue weighted by atomic mass is 10.1. The first kappa shape index (κ1) is 14.1. The molecule has 0 spiro atoms. The molecule has 2 nitrogen and oxygen atoms in total. The van der Waals surface area contributed by atoms with Gasteiger partial charge in [-0.3, -0.25) is 0 Å². The molecule has 86 valence electrons. The predicted octanol–water partition coefficient (Wildman–Crippen LogP) is 3.03. The van der Waals surface area contributed by atoms with Crippen molar-refractivity contribution in [3.05, 3.63) is 29.8 Å². The molecule has 2 N–H and O–H groups in total. The van der Waals surface area contributed by atoms with Gasteiger partial charge in [-0.15, -0.1) is 25.6 Å². The van der Waals surface area contributed by atoms with Crippen LogP contribution in [0.4, 0.5) is 13.2 Å². The van der Waals surface area contributed by atoms with Crippen molar-refractivity contribution in [2.75, 3.05) is 0 Å². The van der Waals surface area contributed by atoms with Gasteiger partial charge in [0.15, 0.2) is 0 Å². The Labute approximate surface area is 91.6 Å². The number of alkyl halides is 3. The molecule has 0 heterocycles. The number of ether oxygens (including phenoxy) is 1. The van der Waals surface area contributed by atoms with Gasteiger partial charge < -0.3 is 10.5 Å². The van der Waals surface area contributed by atoms with Crippen LogP contribution in [-0.4, -0.2) is 6.36 Å². The molecule has 0 radical (unpaired) electrons. The molecule has 1 atom stereocenters. The van der Waals surface area contributed by atoms with E-state index in [0.29, 0.717) is 0 Å². The van der Waals surface area contributed by atoms with Crippen LogP contribution < -0.4 is 10.5 Å². The molecule has 0 aromatic heterocycles. The zero-order chi connectivity index (χ0) is 10.8. The summed E-state index contributed by atoms with van der Waals surface area (Å²) < 4.78 is 39.0. The van der Waals surface area contributed by atoms with E-state index < -0.39 is 6.36 Å². The third kappa shape index (κ3) is 4.90. The molecule has 0 aliphatic rings. The average molecular weight is 242 g/mol. The summed E-state index contributed by atoms with van der Waals surface area (Å²) >= 11 is 0. The Balaban J connectivity index is 0.00000196. The molecule has 6 heteroatoms. The summed E-state index contributed by atoms with van der Waals surface area (Å²) in [6.07, 6.45) is -4.64. The zero-order valence-electron chi connectivity index (χ0n) is 7.91. The highest BCUT2D eigenvalue weighted by molar-refractivity contribution is 5.85. The van der Waals surface area contributed by atoms with E-state index in [9.17, 15) is 13.2 Å². The predicted molar refractivity (Wildman–Crippen MR) is 53.0 cm³/mol. The van der Waals surface area contributed by atoms with Crippen molar-refractivity contribution in [2.24, 2.45) is 5.73 Å². The van der Waals surface area contributed by atoms with Crippen molar-refractivity contribution in [2.45, 2.75) is 19.3 Å². The quantitative estimate of drug-likeness (QED) is 0.864. The molecule has 1 unspecified atom stereocenters. The van der Waals surface area contributed by atoms with E-state index in [0.717, 1.165) is 5.56 Å². The summed E-state index contributed by atoms with van der Waals surface area (Å²) in [5.74, 6) is -0.234. The Hall–Kier alpha value is -0.940. The van der Waals surface area contributed by atoms with E-state index in [1.807, 2.05) is 0 Å². The fourth-order valence-corrected chi connectivity index (χ4v) is 0.973. The van der Waals surface area contributed by atoms with E-state index in [1.165, 1.54) is 24.3 Å². The number of hydrogen-bond donors (Lipinski definition) is 1. The van der Waals surface area contributed by atoms with Gasteiger partial charge in [-0.1, -0.05) is 12.1 Å². The molecule has 0 fully saturated rings. The van der Waals surface area contributed by atoms with Gasteiger partial charge in [-0.05, 0) is 24.6 Å². The van der Waals surface area contributed by atoms with Gasteiger partial charge >= 0.3 is 6.36 Å². The smallest absolute Gasteiger partial charge is 0.406 e. The number of nitrogens with two attached hydrogens (primary N) is 1.